The summed E-state index contributed by atoms with van der Waals surface area (Å²) < 4.78 is 15.9. The minimum Gasteiger partial charge on any atom is -0.493 e. The molecule has 134 valence electrons. The van der Waals surface area contributed by atoms with Crippen LogP contribution in [0.15, 0.2) is 31.9 Å². The predicted molar refractivity (Wildman–Crippen MR) is 92.2 cm³/mol. The highest BCUT2D eigenvalue weighted by molar-refractivity contribution is 9.10. The van der Waals surface area contributed by atoms with E-state index in [1.165, 1.54) is 20.3 Å². The highest BCUT2D eigenvalue weighted by Crippen LogP contribution is 2.29. The van der Waals surface area contributed by atoms with Crippen LogP contribution in [-0.2, 0) is 9.53 Å². The normalized spacial score (nSPS) is 10.7. The van der Waals surface area contributed by atoms with Crippen LogP contribution >= 0.6 is 15.9 Å². The molecule has 1 aromatic heterocycles. The van der Waals surface area contributed by atoms with E-state index in [0.717, 1.165) is 4.90 Å². The molecule has 2 rings (SSSR count). The molecule has 0 unspecified atom stereocenters. The third-order valence-corrected chi connectivity index (χ3v) is 3.85. The molecule has 1 amide bonds. The molecule has 0 aliphatic carbocycles. The number of hydrogen-bond acceptors (Lipinski definition) is 6. The van der Waals surface area contributed by atoms with Crippen LogP contribution in [0.4, 0.5) is 0 Å². The zero-order valence-corrected chi connectivity index (χ0v) is 15.2. The quantitative estimate of drug-likeness (QED) is 0.688. The van der Waals surface area contributed by atoms with Crippen molar-refractivity contribution >= 4 is 38.8 Å². The first-order valence-corrected chi connectivity index (χ1v) is 7.98. The SMILES string of the molecule is COCCN(CC(=O)O)C(=O)c1cc2cc(Br)cc(OC)c2oc1=O. The van der Waals surface area contributed by atoms with Crippen molar-refractivity contribution in [3.05, 3.63) is 38.7 Å². The summed E-state index contributed by atoms with van der Waals surface area (Å²) in [5.41, 5.74) is -0.926. The molecule has 1 heterocycles. The Kier molecular flexibility index (Phi) is 6.16. The van der Waals surface area contributed by atoms with Crippen molar-refractivity contribution in [3.63, 3.8) is 0 Å². The molecule has 1 N–H and O–H groups in total. The van der Waals surface area contributed by atoms with Crippen LogP contribution in [0, 0.1) is 0 Å². The van der Waals surface area contributed by atoms with Crippen molar-refractivity contribution in [2.45, 2.75) is 0 Å². The molecule has 0 bridgehead atoms. The molecule has 9 heteroatoms. The van der Waals surface area contributed by atoms with Crippen LogP contribution in [0.25, 0.3) is 11.0 Å². The second-order valence-electron chi connectivity index (χ2n) is 5.09. The molecular formula is C16H16BrNO7. The van der Waals surface area contributed by atoms with Gasteiger partial charge >= 0.3 is 11.6 Å². The van der Waals surface area contributed by atoms with Crippen LogP contribution < -0.4 is 10.4 Å². The van der Waals surface area contributed by atoms with E-state index in [1.807, 2.05) is 0 Å². The van der Waals surface area contributed by atoms with E-state index >= 15 is 0 Å². The molecule has 0 saturated carbocycles. The number of hydrogen-bond donors (Lipinski definition) is 1. The van der Waals surface area contributed by atoms with E-state index in [1.54, 1.807) is 12.1 Å². The number of halogens is 1. The van der Waals surface area contributed by atoms with Crippen molar-refractivity contribution < 1.29 is 28.6 Å². The Hall–Kier alpha value is -2.39. The van der Waals surface area contributed by atoms with Gasteiger partial charge in [0.25, 0.3) is 5.91 Å². The van der Waals surface area contributed by atoms with E-state index in [9.17, 15) is 14.4 Å². The Labute approximate surface area is 151 Å². The van der Waals surface area contributed by atoms with Gasteiger partial charge < -0.3 is 23.9 Å². The van der Waals surface area contributed by atoms with Crippen LogP contribution in [0.2, 0.25) is 0 Å². The fourth-order valence-electron chi connectivity index (χ4n) is 2.26. The first-order chi connectivity index (χ1) is 11.9. The third kappa shape index (κ3) is 4.37. The van der Waals surface area contributed by atoms with Gasteiger partial charge in [0.1, 0.15) is 12.1 Å². The summed E-state index contributed by atoms with van der Waals surface area (Å²) in [4.78, 5) is 36.8. The molecule has 0 radical (unpaired) electrons. The van der Waals surface area contributed by atoms with Crippen LogP contribution in [0.3, 0.4) is 0 Å². The first-order valence-electron chi connectivity index (χ1n) is 7.18. The molecule has 2 aromatic rings. The van der Waals surface area contributed by atoms with Gasteiger partial charge in [0.05, 0.1) is 13.7 Å². The molecule has 25 heavy (non-hydrogen) atoms. The standard InChI is InChI=1S/C16H16BrNO7/c1-23-4-3-18(8-13(19)20)15(21)11-6-9-5-10(17)7-12(24-2)14(9)25-16(11)22/h5-7H,3-4,8H2,1-2H3,(H,19,20). The predicted octanol–water partition coefficient (Wildman–Crippen LogP) is 1.74. The average molecular weight is 414 g/mol. The summed E-state index contributed by atoms with van der Waals surface area (Å²) in [6.07, 6.45) is 0. The van der Waals surface area contributed by atoms with Crippen molar-refractivity contribution in [1.82, 2.24) is 4.90 Å². The number of aliphatic carboxylic acids is 1. The van der Waals surface area contributed by atoms with Gasteiger partial charge in [-0.15, -0.1) is 0 Å². The minimum absolute atomic E-state index is 0.0287. The Morgan fingerprint density at radius 1 is 1.28 bits per heavy atom. The fraction of sp³-hybridized carbons (Fsp3) is 0.312. The van der Waals surface area contributed by atoms with Crippen molar-refractivity contribution in [2.75, 3.05) is 33.9 Å². The van der Waals surface area contributed by atoms with Gasteiger partial charge in [-0.3, -0.25) is 9.59 Å². The Balaban J connectivity index is 2.51. The number of carboxylic acids is 1. The number of carboxylic acid groups (broad SMARTS) is 1. The fourth-order valence-corrected chi connectivity index (χ4v) is 2.71. The summed E-state index contributed by atoms with van der Waals surface area (Å²) in [5, 5.41) is 9.43. The van der Waals surface area contributed by atoms with Gasteiger partial charge in [-0.25, -0.2) is 4.79 Å². The molecule has 0 atom stereocenters. The molecular weight excluding hydrogens is 398 g/mol. The van der Waals surface area contributed by atoms with Crippen LogP contribution in [0.5, 0.6) is 5.75 Å². The number of ether oxygens (including phenoxy) is 2. The Morgan fingerprint density at radius 3 is 2.60 bits per heavy atom. The number of nitrogens with zero attached hydrogens (tertiary/aromatic N) is 1. The van der Waals surface area contributed by atoms with E-state index in [0.29, 0.717) is 15.6 Å². The molecule has 0 aliphatic heterocycles. The summed E-state index contributed by atoms with van der Waals surface area (Å²) in [5.74, 6) is -1.60. The van der Waals surface area contributed by atoms with Crippen molar-refractivity contribution in [2.24, 2.45) is 0 Å². The lowest BCUT2D eigenvalue weighted by molar-refractivity contribution is -0.137. The Bertz CT molecular complexity index is 861. The maximum Gasteiger partial charge on any atom is 0.349 e. The summed E-state index contributed by atoms with van der Waals surface area (Å²) in [6.45, 7) is -0.389. The maximum absolute atomic E-state index is 12.6. The molecule has 0 saturated heterocycles. The zero-order valence-electron chi connectivity index (χ0n) is 13.6. The lowest BCUT2D eigenvalue weighted by Gasteiger charge is -2.19. The zero-order chi connectivity index (χ0) is 18.6. The highest BCUT2D eigenvalue weighted by Gasteiger charge is 2.23. The van der Waals surface area contributed by atoms with E-state index in [4.69, 9.17) is 19.0 Å². The molecule has 8 nitrogen and oxygen atoms in total. The number of rotatable bonds is 7. The van der Waals surface area contributed by atoms with E-state index < -0.39 is 24.0 Å². The lowest BCUT2D eigenvalue weighted by Crippen LogP contribution is -2.39. The van der Waals surface area contributed by atoms with Gasteiger partial charge in [-0.2, -0.15) is 0 Å². The summed E-state index contributed by atoms with van der Waals surface area (Å²) in [6, 6.07) is 4.65. The van der Waals surface area contributed by atoms with Gasteiger partial charge in [0.2, 0.25) is 0 Å². The molecule has 1 aromatic carbocycles. The second kappa shape index (κ2) is 8.13. The molecule has 0 aliphatic rings. The number of amides is 1. The van der Waals surface area contributed by atoms with E-state index in [-0.39, 0.29) is 24.3 Å². The lowest BCUT2D eigenvalue weighted by atomic mass is 10.1. The highest BCUT2D eigenvalue weighted by atomic mass is 79.9. The van der Waals surface area contributed by atoms with Crippen LogP contribution in [0.1, 0.15) is 10.4 Å². The van der Waals surface area contributed by atoms with E-state index in [2.05, 4.69) is 15.9 Å². The number of carbonyl (C=O) groups excluding carboxylic acids is 1. The number of fused-ring (bicyclic) bond motifs is 1. The van der Waals surface area contributed by atoms with Gasteiger partial charge in [0, 0.05) is 23.5 Å². The first kappa shape index (κ1) is 18.9. The smallest absolute Gasteiger partial charge is 0.349 e. The summed E-state index contributed by atoms with van der Waals surface area (Å²) in [7, 11) is 2.86. The molecule has 0 fully saturated rings. The number of methoxy groups -OCH3 is 2. The number of carbonyl (C=O) groups is 2. The average Bonchev–Trinajstić information content (AvgIpc) is 2.56. The maximum atomic E-state index is 12.6. The topological polar surface area (TPSA) is 106 Å². The second-order valence-corrected chi connectivity index (χ2v) is 6.00. The summed E-state index contributed by atoms with van der Waals surface area (Å²) >= 11 is 3.31. The monoisotopic (exact) mass is 413 g/mol. The number of benzene rings is 1. The van der Waals surface area contributed by atoms with Gasteiger partial charge in [0.15, 0.2) is 11.3 Å². The van der Waals surface area contributed by atoms with Crippen molar-refractivity contribution in [3.8, 4) is 5.75 Å². The largest absolute Gasteiger partial charge is 0.493 e. The Morgan fingerprint density at radius 2 is 2.00 bits per heavy atom. The molecule has 0 spiro atoms. The van der Waals surface area contributed by atoms with Gasteiger partial charge in [-0.1, -0.05) is 15.9 Å². The van der Waals surface area contributed by atoms with Crippen molar-refractivity contribution in [1.29, 1.82) is 0 Å². The van der Waals surface area contributed by atoms with Crippen LogP contribution in [-0.4, -0.2) is 55.8 Å². The minimum atomic E-state index is -1.20. The third-order valence-electron chi connectivity index (χ3n) is 3.39. The van der Waals surface area contributed by atoms with Gasteiger partial charge in [-0.05, 0) is 18.2 Å².